The minimum absolute atomic E-state index is 0.116. The number of carbonyl (C=O) groups excluding carboxylic acids is 1. The van der Waals surface area contributed by atoms with Gasteiger partial charge in [-0.3, -0.25) is 9.78 Å². The third kappa shape index (κ3) is 3.71. The summed E-state index contributed by atoms with van der Waals surface area (Å²) in [4.78, 5) is 27.9. The molecule has 0 spiro atoms. The van der Waals surface area contributed by atoms with E-state index >= 15 is 0 Å². The van der Waals surface area contributed by atoms with Gasteiger partial charge in [0.2, 0.25) is 11.9 Å². The first-order chi connectivity index (χ1) is 15.2. The second-order valence-corrected chi connectivity index (χ2v) is 7.11. The Hall–Kier alpha value is -4.20. The van der Waals surface area contributed by atoms with Crippen molar-refractivity contribution in [3.8, 4) is 5.75 Å². The van der Waals surface area contributed by atoms with Crippen LogP contribution < -0.4 is 20.3 Å². The van der Waals surface area contributed by atoms with Crippen LogP contribution in [0, 0.1) is 0 Å². The summed E-state index contributed by atoms with van der Waals surface area (Å²) < 4.78 is 5.31. The smallest absolute Gasteiger partial charge is 0.244 e. The van der Waals surface area contributed by atoms with Gasteiger partial charge in [0.25, 0.3) is 0 Å². The molecule has 31 heavy (non-hydrogen) atoms. The predicted octanol–water partition coefficient (Wildman–Crippen LogP) is 3.74. The topological polar surface area (TPSA) is 92.3 Å². The molecule has 0 saturated heterocycles. The number of methoxy groups -OCH3 is 1. The summed E-state index contributed by atoms with van der Waals surface area (Å²) >= 11 is 0. The number of para-hydroxylation sites is 1. The fraction of sp³-hybridized carbons (Fsp3) is 0.130. The van der Waals surface area contributed by atoms with Crippen molar-refractivity contribution in [3.63, 3.8) is 0 Å². The van der Waals surface area contributed by atoms with Crippen LogP contribution in [0.5, 0.6) is 5.75 Å². The lowest BCUT2D eigenvalue weighted by atomic mass is 10.1. The van der Waals surface area contributed by atoms with Gasteiger partial charge in [-0.25, -0.2) is 4.98 Å². The SMILES string of the molecule is COc1ccc2c(c1)NC(=O)CN2c1nc(NCc2ccncc2)nc2ccccc12. The number of fused-ring (bicyclic) bond motifs is 2. The van der Waals surface area contributed by atoms with E-state index in [0.29, 0.717) is 29.7 Å². The van der Waals surface area contributed by atoms with Crippen LogP contribution in [0.4, 0.5) is 23.1 Å². The van der Waals surface area contributed by atoms with Gasteiger partial charge in [0, 0.05) is 30.4 Å². The molecule has 0 aliphatic carbocycles. The molecule has 0 bridgehead atoms. The highest BCUT2D eigenvalue weighted by Crippen LogP contribution is 2.39. The number of amides is 1. The third-order valence-electron chi connectivity index (χ3n) is 5.11. The van der Waals surface area contributed by atoms with Crippen molar-refractivity contribution in [1.82, 2.24) is 15.0 Å². The number of carbonyl (C=O) groups is 1. The zero-order chi connectivity index (χ0) is 21.2. The van der Waals surface area contributed by atoms with Crippen LogP contribution in [0.2, 0.25) is 0 Å². The normalized spacial score (nSPS) is 12.9. The molecule has 0 atom stereocenters. The maximum absolute atomic E-state index is 12.5. The fourth-order valence-corrected chi connectivity index (χ4v) is 3.61. The molecule has 0 saturated carbocycles. The lowest BCUT2D eigenvalue weighted by molar-refractivity contribution is -0.115. The van der Waals surface area contributed by atoms with Crippen molar-refractivity contribution in [2.24, 2.45) is 0 Å². The number of nitrogens with one attached hydrogen (secondary N) is 2. The molecular weight excluding hydrogens is 392 g/mol. The van der Waals surface area contributed by atoms with E-state index < -0.39 is 0 Å². The third-order valence-corrected chi connectivity index (χ3v) is 5.11. The van der Waals surface area contributed by atoms with E-state index in [1.165, 1.54) is 0 Å². The van der Waals surface area contributed by atoms with E-state index in [1.807, 2.05) is 59.5 Å². The van der Waals surface area contributed by atoms with Crippen molar-refractivity contribution in [2.75, 3.05) is 29.2 Å². The van der Waals surface area contributed by atoms with Gasteiger partial charge in [-0.1, -0.05) is 12.1 Å². The van der Waals surface area contributed by atoms with Crippen LogP contribution in [0.15, 0.2) is 67.0 Å². The molecule has 2 aromatic heterocycles. The van der Waals surface area contributed by atoms with E-state index in [1.54, 1.807) is 19.5 Å². The molecule has 1 amide bonds. The quantitative estimate of drug-likeness (QED) is 0.516. The van der Waals surface area contributed by atoms with E-state index in [2.05, 4.69) is 20.6 Å². The molecule has 8 nitrogen and oxygen atoms in total. The molecule has 3 heterocycles. The minimum Gasteiger partial charge on any atom is -0.497 e. The summed E-state index contributed by atoms with van der Waals surface area (Å²) in [6, 6.07) is 17.3. The van der Waals surface area contributed by atoms with Gasteiger partial charge in [-0.2, -0.15) is 4.98 Å². The average molecular weight is 412 g/mol. The largest absolute Gasteiger partial charge is 0.497 e. The summed E-state index contributed by atoms with van der Waals surface area (Å²) in [5.41, 5.74) is 3.41. The molecule has 8 heteroatoms. The number of rotatable bonds is 5. The van der Waals surface area contributed by atoms with Crippen LogP contribution in [0.3, 0.4) is 0 Å². The number of benzene rings is 2. The highest BCUT2D eigenvalue weighted by Gasteiger charge is 2.26. The fourth-order valence-electron chi connectivity index (χ4n) is 3.61. The Kier molecular flexibility index (Phi) is 4.80. The Morgan fingerprint density at radius 3 is 2.77 bits per heavy atom. The van der Waals surface area contributed by atoms with Crippen molar-refractivity contribution in [3.05, 3.63) is 72.6 Å². The van der Waals surface area contributed by atoms with Crippen LogP contribution >= 0.6 is 0 Å². The molecule has 5 rings (SSSR count). The summed E-state index contributed by atoms with van der Waals surface area (Å²) in [6.45, 7) is 0.721. The second-order valence-electron chi connectivity index (χ2n) is 7.11. The molecule has 4 aromatic rings. The number of hydrogen-bond acceptors (Lipinski definition) is 7. The maximum atomic E-state index is 12.5. The van der Waals surface area contributed by atoms with Crippen LogP contribution in [-0.2, 0) is 11.3 Å². The van der Waals surface area contributed by atoms with Crippen molar-refractivity contribution in [2.45, 2.75) is 6.54 Å². The summed E-state index contributed by atoms with van der Waals surface area (Å²) in [5.74, 6) is 1.72. The van der Waals surface area contributed by atoms with E-state index in [9.17, 15) is 4.79 Å². The zero-order valence-electron chi connectivity index (χ0n) is 16.9. The number of pyridine rings is 1. The summed E-state index contributed by atoms with van der Waals surface area (Å²) in [6.07, 6.45) is 3.50. The molecule has 0 unspecified atom stereocenters. The van der Waals surface area contributed by atoms with Crippen molar-refractivity contribution < 1.29 is 9.53 Å². The molecule has 0 fully saturated rings. The number of hydrogen-bond donors (Lipinski definition) is 2. The van der Waals surface area contributed by atoms with Crippen LogP contribution in [0.25, 0.3) is 10.9 Å². The Morgan fingerprint density at radius 2 is 1.94 bits per heavy atom. The lowest BCUT2D eigenvalue weighted by Crippen LogP contribution is -2.35. The minimum atomic E-state index is -0.116. The number of anilines is 4. The van der Waals surface area contributed by atoms with Gasteiger partial charge < -0.3 is 20.3 Å². The molecule has 1 aliphatic rings. The van der Waals surface area contributed by atoms with Gasteiger partial charge in [0.15, 0.2) is 0 Å². The number of aromatic nitrogens is 3. The Labute approximate surface area is 178 Å². The average Bonchev–Trinajstić information content (AvgIpc) is 2.82. The summed E-state index contributed by atoms with van der Waals surface area (Å²) in [5, 5.41) is 7.08. The second kappa shape index (κ2) is 7.91. The molecule has 0 radical (unpaired) electrons. The number of nitrogens with zero attached hydrogens (tertiary/aromatic N) is 4. The molecule has 2 aromatic carbocycles. The molecule has 154 valence electrons. The molecule has 2 N–H and O–H groups in total. The standard InChI is InChI=1S/C23H20N6O2/c1-31-16-6-7-20-19(12-16)26-21(30)14-29(20)22-17-4-2-3-5-18(17)27-23(28-22)25-13-15-8-10-24-11-9-15/h2-12H,13-14H2,1H3,(H,26,30)(H,25,27,28). The monoisotopic (exact) mass is 412 g/mol. The van der Waals surface area contributed by atoms with Gasteiger partial charge in [-0.05, 0) is 42.0 Å². The lowest BCUT2D eigenvalue weighted by Gasteiger charge is -2.31. The first-order valence-corrected chi connectivity index (χ1v) is 9.86. The Bertz CT molecular complexity index is 1260. The Balaban J connectivity index is 1.58. The zero-order valence-corrected chi connectivity index (χ0v) is 16.9. The van der Waals surface area contributed by atoms with Crippen molar-refractivity contribution in [1.29, 1.82) is 0 Å². The van der Waals surface area contributed by atoms with Gasteiger partial charge >= 0.3 is 0 Å². The van der Waals surface area contributed by atoms with Gasteiger partial charge in [-0.15, -0.1) is 0 Å². The maximum Gasteiger partial charge on any atom is 0.244 e. The molecule has 1 aliphatic heterocycles. The van der Waals surface area contributed by atoms with Crippen LogP contribution in [0.1, 0.15) is 5.56 Å². The highest BCUT2D eigenvalue weighted by molar-refractivity contribution is 6.05. The van der Waals surface area contributed by atoms with E-state index in [4.69, 9.17) is 9.72 Å². The van der Waals surface area contributed by atoms with Gasteiger partial charge in [0.1, 0.15) is 18.1 Å². The Morgan fingerprint density at radius 1 is 1.10 bits per heavy atom. The van der Waals surface area contributed by atoms with E-state index in [-0.39, 0.29) is 12.5 Å². The van der Waals surface area contributed by atoms with Crippen LogP contribution in [-0.4, -0.2) is 34.5 Å². The van der Waals surface area contributed by atoms with E-state index in [0.717, 1.165) is 22.2 Å². The first kappa shape index (κ1) is 18.8. The summed E-state index contributed by atoms with van der Waals surface area (Å²) in [7, 11) is 1.60. The highest BCUT2D eigenvalue weighted by atomic mass is 16.5. The number of ether oxygens (including phenoxy) is 1. The van der Waals surface area contributed by atoms with Crippen molar-refractivity contribution >= 4 is 40.0 Å². The van der Waals surface area contributed by atoms with Gasteiger partial charge in [0.05, 0.1) is 24.0 Å². The molecular formula is C23H20N6O2. The first-order valence-electron chi connectivity index (χ1n) is 9.86. The predicted molar refractivity (Wildman–Crippen MR) is 120 cm³/mol.